The first-order valence-corrected chi connectivity index (χ1v) is 10.3. The van der Waals surface area contributed by atoms with E-state index in [0.29, 0.717) is 24.5 Å². The summed E-state index contributed by atoms with van der Waals surface area (Å²) in [5, 5.41) is 2.93. The predicted molar refractivity (Wildman–Crippen MR) is 118 cm³/mol. The number of amides is 2. The Morgan fingerprint density at radius 1 is 1.03 bits per heavy atom. The van der Waals surface area contributed by atoms with Gasteiger partial charge in [0.05, 0.1) is 7.11 Å². The Labute approximate surface area is 179 Å². The molecule has 2 rings (SSSR count). The van der Waals surface area contributed by atoms with Gasteiger partial charge in [-0.25, -0.2) is 0 Å². The standard InChI is InChI=1S/C24H32N2O4/c1-6-20(24(28)25-17(2)3)26(15-19-12-8-7-11-18(19)4)23(27)16-30-22-14-10-9-13-21(22)29-5/h7-14,17,20H,6,15-16H2,1-5H3,(H,25,28). The van der Waals surface area contributed by atoms with Crippen molar-refractivity contribution < 1.29 is 19.1 Å². The predicted octanol–water partition coefficient (Wildman–Crippen LogP) is 3.71. The van der Waals surface area contributed by atoms with Gasteiger partial charge < -0.3 is 19.7 Å². The van der Waals surface area contributed by atoms with Crippen molar-refractivity contribution in [1.29, 1.82) is 0 Å². The molecule has 162 valence electrons. The van der Waals surface area contributed by atoms with E-state index in [1.54, 1.807) is 24.1 Å². The smallest absolute Gasteiger partial charge is 0.261 e. The summed E-state index contributed by atoms with van der Waals surface area (Å²) in [6.07, 6.45) is 0.505. The quantitative estimate of drug-likeness (QED) is 0.646. The highest BCUT2D eigenvalue weighted by atomic mass is 16.5. The maximum absolute atomic E-state index is 13.2. The summed E-state index contributed by atoms with van der Waals surface area (Å²) < 4.78 is 11.0. The molecule has 0 bridgehead atoms. The lowest BCUT2D eigenvalue weighted by molar-refractivity contribution is -0.143. The van der Waals surface area contributed by atoms with Crippen LogP contribution in [-0.4, -0.2) is 42.5 Å². The Hall–Kier alpha value is -3.02. The summed E-state index contributed by atoms with van der Waals surface area (Å²) in [6.45, 7) is 7.87. The molecule has 30 heavy (non-hydrogen) atoms. The number of nitrogens with zero attached hydrogens (tertiary/aromatic N) is 1. The van der Waals surface area contributed by atoms with E-state index in [1.165, 1.54) is 0 Å². The lowest BCUT2D eigenvalue weighted by atomic mass is 10.1. The van der Waals surface area contributed by atoms with Crippen LogP contribution in [0.25, 0.3) is 0 Å². The molecular weight excluding hydrogens is 380 g/mol. The Morgan fingerprint density at radius 2 is 1.67 bits per heavy atom. The fourth-order valence-electron chi connectivity index (χ4n) is 3.23. The topological polar surface area (TPSA) is 67.9 Å². The number of nitrogens with one attached hydrogen (secondary N) is 1. The van der Waals surface area contributed by atoms with Crippen molar-refractivity contribution in [2.45, 2.75) is 52.7 Å². The second kappa shape index (κ2) is 11.2. The molecule has 0 fully saturated rings. The largest absolute Gasteiger partial charge is 0.493 e. The second-order valence-corrected chi connectivity index (χ2v) is 7.47. The number of carbonyl (C=O) groups excluding carboxylic acids is 2. The molecule has 0 aliphatic heterocycles. The van der Waals surface area contributed by atoms with Crippen LogP contribution in [0.1, 0.15) is 38.3 Å². The van der Waals surface area contributed by atoms with E-state index in [0.717, 1.165) is 11.1 Å². The fourth-order valence-corrected chi connectivity index (χ4v) is 3.23. The third-order valence-electron chi connectivity index (χ3n) is 4.84. The van der Waals surface area contributed by atoms with E-state index in [1.807, 2.05) is 64.1 Å². The zero-order valence-corrected chi connectivity index (χ0v) is 18.5. The zero-order valence-electron chi connectivity index (χ0n) is 18.5. The minimum absolute atomic E-state index is 0.00760. The van der Waals surface area contributed by atoms with Gasteiger partial charge in [-0.15, -0.1) is 0 Å². The van der Waals surface area contributed by atoms with Crippen LogP contribution in [0.3, 0.4) is 0 Å². The Kier molecular flexibility index (Phi) is 8.71. The molecule has 1 N–H and O–H groups in total. The SMILES string of the molecule is CCC(C(=O)NC(C)C)N(Cc1ccccc1C)C(=O)COc1ccccc1OC. The highest BCUT2D eigenvalue weighted by Gasteiger charge is 2.29. The molecule has 1 unspecified atom stereocenters. The summed E-state index contributed by atoms with van der Waals surface area (Å²) in [5.74, 6) is 0.630. The molecule has 2 aromatic rings. The highest BCUT2D eigenvalue weighted by Crippen LogP contribution is 2.26. The van der Waals surface area contributed by atoms with E-state index in [-0.39, 0.29) is 24.5 Å². The molecule has 2 aromatic carbocycles. The first-order valence-electron chi connectivity index (χ1n) is 10.3. The number of ether oxygens (including phenoxy) is 2. The Balaban J connectivity index is 2.25. The van der Waals surface area contributed by atoms with Gasteiger partial charge in [0.2, 0.25) is 5.91 Å². The number of carbonyl (C=O) groups is 2. The third-order valence-corrected chi connectivity index (χ3v) is 4.84. The van der Waals surface area contributed by atoms with Gasteiger partial charge in [0.15, 0.2) is 18.1 Å². The Morgan fingerprint density at radius 3 is 2.27 bits per heavy atom. The van der Waals surface area contributed by atoms with Gasteiger partial charge in [-0.2, -0.15) is 0 Å². The van der Waals surface area contributed by atoms with Crippen molar-refractivity contribution in [3.8, 4) is 11.5 Å². The van der Waals surface area contributed by atoms with Gasteiger partial charge in [0.25, 0.3) is 5.91 Å². The van der Waals surface area contributed by atoms with Crippen molar-refractivity contribution in [2.75, 3.05) is 13.7 Å². The van der Waals surface area contributed by atoms with Crippen LogP contribution in [0.5, 0.6) is 11.5 Å². The molecule has 6 heteroatoms. The molecule has 0 aliphatic carbocycles. The molecule has 0 saturated heterocycles. The number of hydrogen-bond acceptors (Lipinski definition) is 4. The fraction of sp³-hybridized carbons (Fsp3) is 0.417. The van der Waals surface area contributed by atoms with Crippen molar-refractivity contribution >= 4 is 11.8 Å². The van der Waals surface area contributed by atoms with E-state index in [4.69, 9.17) is 9.47 Å². The van der Waals surface area contributed by atoms with Crippen LogP contribution in [0.4, 0.5) is 0 Å². The molecule has 1 atom stereocenters. The molecule has 2 amide bonds. The van der Waals surface area contributed by atoms with E-state index in [9.17, 15) is 9.59 Å². The van der Waals surface area contributed by atoms with Crippen LogP contribution in [0, 0.1) is 6.92 Å². The van der Waals surface area contributed by atoms with Crippen molar-refractivity contribution in [3.05, 3.63) is 59.7 Å². The minimum Gasteiger partial charge on any atom is -0.493 e. The van der Waals surface area contributed by atoms with Gasteiger partial charge in [0, 0.05) is 12.6 Å². The van der Waals surface area contributed by atoms with Crippen LogP contribution in [0.15, 0.2) is 48.5 Å². The lowest BCUT2D eigenvalue weighted by Crippen LogP contribution is -2.51. The van der Waals surface area contributed by atoms with Gasteiger partial charge in [-0.1, -0.05) is 43.3 Å². The van der Waals surface area contributed by atoms with Crippen molar-refractivity contribution in [3.63, 3.8) is 0 Å². The average molecular weight is 413 g/mol. The van der Waals surface area contributed by atoms with Crippen LogP contribution >= 0.6 is 0 Å². The summed E-state index contributed by atoms with van der Waals surface area (Å²) in [5.41, 5.74) is 2.07. The van der Waals surface area contributed by atoms with Gasteiger partial charge >= 0.3 is 0 Å². The Bertz CT molecular complexity index is 851. The molecule has 0 spiro atoms. The van der Waals surface area contributed by atoms with Gasteiger partial charge in [-0.3, -0.25) is 9.59 Å². The van der Waals surface area contributed by atoms with Crippen molar-refractivity contribution in [1.82, 2.24) is 10.2 Å². The molecule has 0 aromatic heterocycles. The highest BCUT2D eigenvalue weighted by molar-refractivity contribution is 5.88. The summed E-state index contributed by atoms with van der Waals surface area (Å²) in [6, 6.07) is 14.5. The number of para-hydroxylation sites is 2. The molecule has 0 heterocycles. The van der Waals surface area contributed by atoms with Crippen LogP contribution in [-0.2, 0) is 16.1 Å². The van der Waals surface area contributed by atoms with E-state index >= 15 is 0 Å². The molecule has 6 nitrogen and oxygen atoms in total. The summed E-state index contributed by atoms with van der Waals surface area (Å²) in [7, 11) is 1.55. The molecule has 0 aliphatic rings. The minimum atomic E-state index is -0.583. The molecular formula is C24H32N2O4. The van der Waals surface area contributed by atoms with Gasteiger partial charge in [0.1, 0.15) is 6.04 Å². The first-order chi connectivity index (χ1) is 14.4. The van der Waals surface area contributed by atoms with E-state index in [2.05, 4.69) is 5.32 Å². The zero-order chi connectivity index (χ0) is 22.1. The van der Waals surface area contributed by atoms with Crippen LogP contribution < -0.4 is 14.8 Å². The van der Waals surface area contributed by atoms with Crippen LogP contribution in [0.2, 0.25) is 0 Å². The third kappa shape index (κ3) is 6.24. The number of methoxy groups -OCH3 is 1. The van der Waals surface area contributed by atoms with E-state index < -0.39 is 6.04 Å². The summed E-state index contributed by atoms with van der Waals surface area (Å²) >= 11 is 0. The molecule has 0 radical (unpaired) electrons. The van der Waals surface area contributed by atoms with Crippen molar-refractivity contribution in [2.24, 2.45) is 0 Å². The normalized spacial score (nSPS) is 11.7. The number of hydrogen-bond donors (Lipinski definition) is 1. The summed E-state index contributed by atoms with van der Waals surface area (Å²) in [4.78, 5) is 27.6. The first kappa shape index (κ1) is 23.3. The number of benzene rings is 2. The molecule has 0 saturated carbocycles. The monoisotopic (exact) mass is 412 g/mol. The average Bonchev–Trinajstić information content (AvgIpc) is 2.72. The number of aryl methyl sites for hydroxylation is 1. The lowest BCUT2D eigenvalue weighted by Gasteiger charge is -2.31. The maximum atomic E-state index is 13.2. The number of rotatable bonds is 10. The maximum Gasteiger partial charge on any atom is 0.261 e. The second-order valence-electron chi connectivity index (χ2n) is 7.47. The van der Waals surface area contributed by atoms with Gasteiger partial charge in [-0.05, 0) is 50.5 Å².